The second-order valence-electron chi connectivity index (χ2n) is 9.36. The molecule has 1 atom stereocenters. The zero-order valence-electron chi connectivity index (χ0n) is 21.3. The van der Waals surface area contributed by atoms with Gasteiger partial charge in [-0.1, -0.05) is 66.7 Å². The lowest BCUT2D eigenvalue weighted by molar-refractivity contribution is 0.0254. The number of para-hydroxylation sites is 1. The van der Waals surface area contributed by atoms with Crippen LogP contribution in [-0.2, 0) is 17.4 Å². The van der Waals surface area contributed by atoms with Crippen molar-refractivity contribution < 1.29 is 9.53 Å². The SMILES string of the molecule is CCN(CC)c1ccc(C2(c3c(-c4ccccc4)n(C)c4ccccc34)OC(=O)c3ncccc32)cc1. The Balaban J connectivity index is 1.72. The normalized spacial score (nSPS) is 16.6. The van der Waals surface area contributed by atoms with E-state index in [2.05, 4.69) is 83.9 Å². The molecule has 5 nitrogen and oxygen atoms in total. The average molecular weight is 488 g/mol. The predicted molar refractivity (Wildman–Crippen MR) is 148 cm³/mol. The van der Waals surface area contributed by atoms with E-state index in [0.29, 0.717) is 5.69 Å². The van der Waals surface area contributed by atoms with Gasteiger partial charge in [-0.05, 0) is 43.7 Å². The Labute approximate surface area is 217 Å². The van der Waals surface area contributed by atoms with Crippen LogP contribution in [0.5, 0.6) is 0 Å². The molecule has 0 N–H and O–H groups in total. The van der Waals surface area contributed by atoms with Crippen LogP contribution in [0.4, 0.5) is 5.69 Å². The fourth-order valence-corrected chi connectivity index (χ4v) is 5.82. The van der Waals surface area contributed by atoms with Crippen molar-refractivity contribution >= 4 is 22.6 Å². The van der Waals surface area contributed by atoms with Crippen molar-refractivity contribution in [1.82, 2.24) is 9.55 Å². The van der Waals surface area contributed by atoms with Crippen molar-refractivity contribution in [3.8, 4) is 11.3 Å². The summed E-state index contributed by atoms with van der Waals surface area (Å²) in [4.78, 5) is 20.2. The number of benzene rings is 3. The van der Waals surface area contributed by atoms with E-state index in [-0.39, 0.29) is 0 Å². The van der Waals surface area contributed by atoms with Gasteiger partial charge in [0.25, 0.3) is 0 Å². The molecule has 184 valence electrons. The number of cyclic esters (lactones) is 1. The lowest BCUT2D eigenvalue weighted by atomic mass is 9.78. The number of hydrogen-bond donors (Lipinski definition) is 0. The van der Waals surface area contributed by atoms with Gasteiger partial charge >= 0.3 is 5.97 Å². The minimum Gasteiger partial charge on any atom is -0.439 e. The lowest BCUT2D eigenvalue weighted by Crippen LogP contribution is -2.30. The van der Waals surface area contributed by atoms with E-state index in [0.717, 1.165) is 57.6 Å². The summed E-state index contributed by atoms with van der Waals surface area (Å²) in [6, 6.07) is 30.9. The number of ether oxygens (including phenoxy) is 1. The van der Waals surface area contributed by atoms with Crippen LogP contribution in [0.1, 0.15) is 41.0 Å². The van der Waals surface area contributed by atoms with Crippen LogP contribution in [0.15, 0.2) is 97.2 Å². The molecule has 0 fully saturated rings. The average Bonchev–Trinajstić information content (AvgIpc) is 3.42. The van der Waals surface area contributed by atoms with Crippen LogP contribution in [-0.4, -0.2) is 28.6 Å². The summed E-state index contributed by atoms with van der Waals surface area (Å²) < 4.78 is 8.70. The Kier molecular flexibility index (Phi) is 5.56. The number of nitrogens with zero attached hydrogens (tertiary/aromatic N) is 3. The monoisotopic (exact) mass is 487 g/mol. The number of rotatable bonds is 6. The summed E-state index contributed by atoms with van der Waals surface area (Å²) in [7, 11) is 2.08. The minimum absolute atomic E-state index is 0.363. The van der Waals surface area contributed by atoms with E-state index in [9.17, 15) is 4.79 Å². The van der Waals surface area contributed by atoms with E-state index in [1.807, 2.05) is 42.5 Å². The highest BCUT2D eigenvalue weighted by Gasteiger charge is 2.52. The molecule has 1 aliphatic heterocycles. The van der Waals surface area contributed by atoms with Crippen molar-refractivity contribution in [3.05, 3.63) is 120 Å². The van der Waals surface area contributed by atoms with Gasteiger partial charge in [-0.25, -0.2) is 9.78 Å². The molecule has 1 aliphatic rings. The maximum Gasteiger partial charge on any atom is 0.358 e. The van der Waals surface area contributed by atoms with Gasteiger partial charge < -0.3 is 14.2 Å². The Hall–Kier alpha value is -4.38. The van der Waals surface area contributed by atoms with Crippen LogP contribution in [0, 0.1) is 0 Å². The Morgan fingerprint density at radius 2 is 1.57 bits per heavy atom. The number of hydrogen-bond acceptors (Lipinski definition) is 4. The third kappa shape index (κ3) is 3.38. The number of fused-ring (bicyclic) bond motifs is 2. The Morgan fingerprint density at radius 1 is 0.865 bits per heavy atom. The summed E-state index contributed by atoms with van der Waals surface area (Å²) >= 11 is 0. The fraction of sp³-hybridized carbons (Fsp3) is 0.188. The smallest absolute Gasteiger partial charge is 0.358 e. The maximum atomic E-state index is 13.4. The topological polar surface area (TPSA) is 47.4 Å². The molecule has 5 aromatic rings. The first-order valence-corrected chi connectivity index (χ1v) is 12.8. The zero-order valence-corrected chi connectivity index (χ0v) is 21.3. The number of aromatic nitrogens is 2. The molecule has 0 amide bonds. The fourth-order valence-electron chi connectivity index (χ4n) is 5.82. The van der Waals surface area contributed by atoms with Gasteiger partial charge in [0.1, 0.15) is 0 Å². The molecule has 5 heteroatoms. The molecule has 0 aliphatic carbocycles. The van der Waals surface area contributed by atoms with Gasteiger partial charge in [-0.2, -0.15) is 0 Å². The highest BCUT2D eigenvalue weighted by molar-refractivity contribution is 5.99. The molecule has 0 radical (unpaired) electrons. The first-order chi connectivity index (χ1) is 18.1. The van der Waals surface area contributed by atoms with E-state index in [1.165, 1.54) is 0 Å². The maximum absolute atomic E-state index is 13.4. The minimum atomic E-state index is -1.14. The van der Waals surface area contributed by atoms with Gasteiger partial charge in [0, 0.05) is 59.6 Å². The van der Waals surface area contributed by atoms with Crippen LogP contribution >= 0.6 is 0 Å². The van der Waals surface area contributed by atoms with E-state index >= 15 is 0 Å². The van der Waals surface area contributed by atoms with Crippen LogP contribution < -0.4 is 4.90 Å². The molecular weight excluding hydrogens is 458 g/mol. The molecule has 3 heterocycles. The highest BCUT2D eigenvalue weighted by atomic mass is 16.6. The molecule has 1 unspecified atom stereocenters. The van der Waals surface area contributed by atoms with Gasteiger partial charge in [0.05, 0.1) is 5.69 Å². The quantitative estimate of drug-likeness (QED) is 0.255. The van der Waals surface area contributed by atoms with Gasteiger partial charge in [0.15, 0.2) is 11.3 Å². The van der Waals surface area contributed by atoms with E-state index in [1.54, 1.807) is 6.20 Å². The summed E-state index contributed by atoms with van der Waals surface area (Å²) in [5.74, 6) is -0.407. The molecule has 37 heavy (non-hydrogen) atoms. The number of carbonyl (C=O) groups excluding carboxylic acids is 1. The van der Waals surface area contributed by atoms with Crippen LogP contribution in [0.2, 0.25) is 0 Å². The first kappa shape index (κ1) is 23.0. The number of anilines is 1. The van der Waals surface area contributed by atoms with Gasteiger partial charge in [0.2, 0.25) is 0 Å². The number of aryl methyl sites for hydroxylation is 1. The van der Waals surface area contributed by atoms with E-state index < -0.39 is 11.6 Å². The third-order valence-corrected chi connectivity index (χ3v) is 7.53. The van der Waals surface area contributed by atoms with Crippen molar-refractivity contribution in [2.45, 2.75) is 19.4 Å². The van der Waals surface area contributed by atoms with Crippen molar-refractivity contribution in [2.75, 3.05) is 18.0 Å². The second-order valence-corrected chi connectivity index (χ2v) is 9.36. The molecular formula is C32H29N3O2. The summed E-state index contributed by atoms with van der Waals surface area (Å²) in [6.45, 7) is 6.15. The van der Waals surface area contributed by atoms with Gasteiger partial charge in [-0.3, -0.25) is 0 Å². The predicted octanol–water partition coefficient (Wildman–Crippen LogP) is 6.55. The molecule has 0 saturated heterocycles. The van der Waals surface area contributed by atoms with Crippen LogP contribution in [0.3, 0.4) is 0 Å². The summed E-state index contributed by atoms with van der Waals surface area (Å²) in [5, 5.41) is 1.04. The van der Waals surface area contributed by atoms with Crippen LogP contribution in [0.25, 0.3) is 22.2 Å². The molecule has 0 bridgehead atoms. The summed E-state index contributed by atoms with van der Waals surface area (Å²) in [5.41, 5.74) is 6.12. The first-order valence-electron chi connectivity index (χ1n) is 12.8. The summed E-state index contributed by atoms with van der Waals surface area (Å²) in [6.07, 6.45) is 1.65. The zero-order chi connectivity index (χ0) is 25.6. The molecule has 0 spiro atoms. The molecule has 3 aromatic carbocycles. The largest absolute Gasteiger partial charge is 0.439 e. The number of esters is 1. The number of pyridine rings is 1. The van der Waals surface area contributed by atoms with Crippen molar-refractivity contribution in [3.63, 3.8) is 0 Å². The van der Waals surface area contributed by atoms with Crippen molar-refractivity contribution in [1.29, 1.82) is 0 Å². The molecule has 6 rings (SSSR count). The standard InChI is InChI=1S/C32H29N3O2/c1-4-35(5-2)24-19-17-23(18-20-24)32(26-15-11-21-33-29(26)31(36)37-32)28-25-14-9-10-16-27(25)34(3)30(28)22-12-7-6-8-13-22/h6-21H,4-5H2,1-3H3. The Bertz CT molecular complexity index is 1600. The number of carbonyl (C=O) groups is 1. The second kappa shape index (κ2) is 8.93. The molecule has 0 saturated carbocycles. The lowest BCUT2D eigenvalue weighted by Gasteiger charge is -2.32. The Morgan fingerprint density at radius 3 is 2.30 bits per heavy atom. The van der Waals surface area contributed by atoms with Gasteiger partial charge in [-0.15, -0.1) is 0 Å². The highest BCUT2D eigenvalue weighted by Crippen LogP contribution is 2.52. The third-order valence-electron chi connectivity index (χ3n) is 7.53. The van der Waals surface area contributed by atoms with Crippen molar-refractivity contribution in [2.24, 2.45) is 7.05 Å². The molecule has 2 aromatic heterocycles. The van der Waals surface area contributed by atoms with E-state index in [4.69, 9.17) is 4.74 Å².